The monoisotopic (exact) mass is 374 g/mol. The number of nitrogens with one attached hydrogen (secondary N) is 1. The average molecular weight is 375 g/mol. The summed E-state index contributed by atoms with van der Waals surface area (Å²) in [6, 6.07) is 17.4. The Morgan fingerprint density at radius 2 is 1.69 bits per heavy atom. The summed E-state index contributed by atoms with van der Waals surface area (Å²) >= 11 is 0. The quantitative estimate of drug-likeness (QED) is 0.733. The topological polar surface area (TPSA) is 66.5 Å². The van der Waals surface area contributed by atoms with E-state index in [4.69, 9.17) is 0 Å². The Kier molecular flexibility index (Phi) is 7.36. The normalized spacial score (nSPS) is 11.5. The van der Waals surface area contributed by atoms with Crippen molar-refractivity contribution in [2.75, 3.05) is 24.7 Å². The highest BCUT2D eigenvalue weighted by Crippen LogP contribution is 2.15. The van der Waals surface area contributed by atoms with Crippen LogP contribution in [0.3, 0.4) is 0 Å². The molecule has 1 amide bonds. The third-order valence-electron chi connectivity index (χ3n) is 4.18. The number of benzene rings is 2. The average Bonchev–Trinajstić information content (AvgIpc) is 2.61. The van der Waals surface area contributed by atoms with Crippen molar-refractivity contribution in [1.82, 2.24) is 4.31 Å². The van der Waals surface area contributed by atoms with Crippen LogP contribution in [-0.2, 0) is 27.7 Å². The molecule has 0 saturated heterocycles. The van der Waals surface area contributed by atoms with Crippen LogP contribution in [0, 0.1) is 0 Å². The molecule has 2 aromatic rings. The molecule has 0 radical (unpaired) electrons. The molecule has 140 valence electrons. The van der Waals surface area contributed by atoms with E-state index in [1.165, 1.54) is 4.31 Å². The number of hydrogen-bond acceptors (Lipinski definition) is 3. The Hall–Kier alpha value is -2.18. The van der Waals surface area contributed by atoms with Crippen molar-refractivity contribution in [3.8, 4) is 0 Å². The molecule has 0 aliphatic heterocycles. The molecule has 0 spiro atoms. The first-order valence-electron chi connectivity index (χ1n) is 8.77. The van der Waals surface area contributed by atoms with E-state index in [1.807, 2.05) is 61.5 Å². The maximum Gasteiger partial charge on any atom is 0.239 e. The minimum atomic E-state index is -3.45. The van der Waals surface area contributed by atoms with Gasteiger partial charge in [0.2, 0.25) is 15.9 Å². The van der Waals surface area contributed by atoms with E-state index in [2.05, 4.69) is 5.32 Å². The van der Waals surface area contributed by atoms with Crippen LogP contribution in [0.15, 0.2) is 54.6 Å². The van der Waals surface area contributed by atoms with E-state index >= 15 is 0 Å². The zero-order valence-electron chi connectivity index (χ0n) is 15.3. The van der Waals surface area contributed by atoms with Gasteiger partial charge in [-0.1, -0.05) is 55.5 Å². The third-order valence-corrected chi connectivity index (χ3v) is 5.43. The molecule has 0 bridgehead atoms. The standard InChI is InChI=1S/C20H26N2O3S/c1-3-18-13-7-8-14-19(18)21-20(23)16-22(26(2,24)25)15-9-12-17-10-5-4-6-11-17/h4-8,10-11,13-14H,3,9,12,15-16H2,1-2H3,(H,21,23). The lowest BCUT2D eigenvalue weighted by atomic mass is 10.1. The smallest absolute Gasteiger partial charge is 0.239 e. The summed E-state index contributed by atoms with van der Waals surface area (Å²) < 4.78 is 25.3. The SMILES string of the molecule is CCc1ccccc1NC(=O)CN(CCCc1ccccc1)S(C)(=O)=O. The Morgan fingerprint density at radius 1 is 1.04 bits per heavy atom. The number of aryl methyl sites for hydroxylation is 2. The minimum absolute atomic E-state index is 0.175. The maximum atomic E-state index is 12.4. The number of anilines is 1. The van der Waals surface area contributed by atoms with Crippen LogP contribution in [0.25, 0.3) is 0 Å². The van der Waals surface area contributed by atoms with E-state index < -0.39 is 10.0 Å². The summed E-state index contributed by atoms with van der Waals surface area (Å²) in [6.45, 7) is 2.15. The summed E-state index contributed by atoms with van der Waals surface area (Å²) in [7, 11) is -3.45. The van der Waals surface area contributed by atoms with Gasteiger partial charge in [-0.15, -0.1) is 0 Å². The number of carbonyl (C=O) groups is 1. The molecule has 6 heteroatoms. The second-order valence-electron chi connectivity index (χ2n) is 6.24. The second kappa shape index (κ2) is 9.50. The van der Waals surface area contributed by atoms with Gasteiger partial charge >= 0.3 is 0 Å². The Bertz CT molecular complexity index is 820. The molecule has 2 aromatic carbocycles. The Labute approximate surface area is 156 Å². The number of para-hydroxylation sites is 1. The molecule has 26 heavy (non-hydrogen) atoms. The third kappa shape index (κ3) is 6.28. The predicted octanol–water partition coefficient (Wildman–Crippen LogP) is 3.08. The van der Waals surface area contributed by atoms with Crippen LogP contribution < -0.4 is 5.32 Å². The van der Waals surface area contributed by atoms with Crippen LogP contribution in [0.5, 0.6) is 0 Å². The molecule has 0 atom stereocenters. The van der Waals surface area contributed by atoms with Crippen LogP contribution in [0.4, 0.5) is 5.69 Å². The lowest BCUT2D eigenvalue weighted by Crippen LogP contribution is -2.38. The fourth-order valence-corrected chi connectivity index (χ4v) is 3.58. The zero-order valence-corrected chi connectivity index (χ0v) is 16.1. The van der Waals surface area contributed by atoms with E-state index in [0.717, 1.165) is 35.9 Å². The number of nitrogens with zero attached hydrogens (tertiary/aromatic N) is 1. The molecule has 0 heterocycles. The van der Waals surface area contributed by atoms with Crippen molar-refractivity contribution in [2.24, 2.45) is 0 Å². The highest BCUT2D eigenvalue weighted by molar-refractivity contribution is 7.88. The highest BCUT2D eigenvalue weighted by Gasteiger charge is 2.20. The number of hydrogen-bond donors (Lipinski definition) is 1. The number of carbonyl (C=O) groups excluding carboxylic acids is 1. The number of rotatable bonds is 9. The van der Waals surface area contributed by atoms with Crippen molar-refractivity contribution in [3.05, 3.63) is 65.7 Å². The Morgan fingerprint density at radius 3 is 2.35 bits per heavy atom. The maximum absolute atomic E-state index is 12.4. The number of sulfonamides is 1. The van der Waals surface area contributed by atoms with Crippen LogP contribution in [0.2, 0.25) is 0 Å². The molecular weight excluding hydrogens is 348 g/mol. The Balaban J connectivity index is 1.95. The van der Waals surface area contributed by atoms with Gasteiger partial charge in [0, 0.05) is 12.2 Å². The summed E-state index contributed by atoms with van der Waals surface area (Å²) in [6.07, 6.45) is 3.37. The minimum Gasteiger partial charge on any atom is -0.325 e. The molecule has 5 nitrogen and oxygen atoms in total. The van der Waals surface area contributed by atoms with Crippen molar-refractivity contribution in [1.29, 1.82) is 0 Å². The molecule has 0 fully saturated rings. The van der Waals surface area contributed by atoms with Gasteiger partial charge in [-0.3, -0.25) is 4.79 Å². The largest absolute Gasteiger partial charge is 0.325 e. The van der Waals surface area contributed by atoms with Gasteiger partial charge in [-0.05, 0) is 36.5 Å². The van der Waals surface area contributed by atoms with E-state index in [-0.39, 0.29) is 12.5 Å². The first kappa shape index (κ1) is 20.1. The lowest BCUT2D eigenvalue weighted by Gasteiger charge is -2.20. The summed E-state index contributed by atoms with van der Waals surface area (Å²) in [5.74, 6) is -0.323. The summed E-state index contributed by atoms with van der Waals surface area (Å²) in [4.78, 5) is 12.4. The van der Waals surface area contributed by atoms with Gasteiger partial charge in [0.15, 0.2) is 0 Å². The van der Waals surface area contributed by atoms with Gasteiger partial charge in [0.1, 0.15) is 0 Å². The first-order valence-corrected chi connectivity index (χ1v) is 10.6. The van der Waals surface area contributed by atoms with Crippen molar-refractivity contribution < 1.29 is 13.2 Å². The molecule has 0 unspecified atom stereocenters. The van der Waals surface area contributed by atoms with Crippen LogP contribution in [-0.4, -0.2) is 38.0 Å². The van der Waals surface area contributed by atoms with Gasteiger partial charge in [-0.25, -0.2) is 8.42 Å². The van der Waals surface area contributed by atoms with Gasteiger partial charge in [0.25, 0.3) is 0 Å². The highest BCUT2D eigenvalue weighted by atomic mass is 32.2. The summed E-state index contributed by atoms with van der Waals surface area (Å²) in [5.41, 5.74) is 2.91. The summed E-state index contributed by atoms with van der Waals surface area (Å²) in [5, 5.41) is 2.83. The van der Waals surface area contributed by atoms with E-state index in [9.17, 15) is 13.2 Å². The van der Waals surface area contributed by atoms with Gasteiger partial charge < -0.3 is 5.32 Å². The lowest BCUT2D eigenvalue weighted by molar-refractivity contribution is -0.116. The molecule has 0 saturated carbocycles. The number of amides is 1. The van der Waals surface area contributed by atoms with Crippen molar-refractivity contribution in [3.63, 3.8) is 0 Å². The van der Waals surface area contributed by atoms with Gasteiger partial charge in [-0.2, -0.15) is 4.31 Å². The van der Waals surface area contributed by atoms with Crippen LogP contribution in [0.1, 0.15) is 24.5 Å². The van der Waals surface area contributed by atoms with Gasteiger partial charge in [0.05, 0.1) is 12.8 Å². The molecule has 0 aliphatic rings. The van der Waals surface area contributed by atoms with E-state index in [1.54, 1.807) is 0 Å². The fourth-order valence-electron chi connectivity index (χ4n) is 2.77. The van der Waals surface area contributed by atoms with Crippen LogP contribution >= 0.6 is 0 Å². The second-order valence-corrected chi connectivity index (χ2v) is 8.23. The van der Waals surface area contributed by atoms with E-state index in [0.29, 0.717) is 13.0 Å². The molecule has 0 aliphatic carbocycles. The molecule has 0 aromatic heterocycles. The zero-order chi connectivity index (χ0) is 19.0. The molecular formula is C20H26N2O3S. The van der Waals surface area contributed by atoms with Crippen molar-refractivity contribution >= 4 is 21.6 Å². The van der Waals surface area contributed by atoms with Crippen molar-refractivity contribution in [2.45, 2.75) is 26.2 Å². The first-order chi connectivity index (χ1) is 12.4. The predicted molar refractivity (Wildman–Crippen MR) is 106 cm³/mol. The fraction of sp³-hybridized carbons (Fsp3) is 0.350. The molecule has 1 N–H and O–H groups in total. The molecule has 2 rings (SSSR count).